The van der Waals surface area contributed by atoms with Gasteiger partial charge in [-0.3, -0.25) is 4.79 Å². The van der Waals surface area contributed by atoms with Crippen molar-refractivity contribution < 1.29 is 19.4 Å². The van der Waals surface area contributed by atoms with Crippen LogP contribution >= 0.6 is 11.8 Å². The molecule has 5 heteroatoms. The first-order valence-electron chi connectivity index (χ1n) is 8.32. The van der Waals surface area contributed by atoms with Crippen molar-refractivity contribution >= 4 is 17.7 Å². The molecule has 0 spiro atoms. The molecule has 1 aromatic rings. The minimum absolute atomic E-state index is 0.191. The first-order valence-corrected chi connectivity index (χ1v) is 9.48. The van der Waals surface area contributed by atoms with Crippen LogP contribution in [0.3, 0.4) is 0 Å². The van der Waals surface area contributed by atoms with Gasteiger partial charge in [0, 0.05) is 11.3 Å². The van der Waals surface area contributed by atoms with Gasteiger partial charge in [-0.2, -0.15) is 11.8 Å². The van der Waals surface area contributed by atoms with Crippen molar-refractivity contribution in [2.45, 2.75) is 50.0 Å². The minimum atomic E-state index is -0.840. The number of carbonyl (C=O) groups is 1. The second kappa shape index (κ2) is 7.04. The smallest absolute Gasteiger partial charge is 0.314 e. The van der Waals surface area contributed by atoms with Crippen LogP contribution in [0.1, 0.15) is 44.1 Å². The fourth-order valence-electron chi connectivity index (χ4n) is 3.74. The number of hydrogen-bond donors (Lipinski definition) is 1. The summed E-state index contributed by atoms with van der Waals surface area (Å²) in [6.07, 6.45) is 5.55. The van der Waals surface area contributed by atoms with Crippen LogP contribution in [0.5, 0.6) is 11.5 Å². The fraction of sp³-hybridized carbons (Fsp3) is 0.611. The van der Waals surface area contributed by atoms with Crippen LogP contribution in [0.25, 0.3) is 0 Å². The molecule has 4 nitrogen and oxygen atoms in total. The largest absolute Gasteiger partial charge is 0.493 e. The number of rotatable bonds is 5. The Morgan fingerprint density at radius 2 is 2.09 bits per heavy atom. The maximum atomic E-state index is 12.1. The lowest BCUT2D eigenvalue weighted by atomic mass is 9.69. The summed E-state index contributed by atoms with van der Waals surface area (Å²) in [5.74, 6) is 2.64. The van der Waals surface area contributed by atoms with E-state index in [1.165, 1.54) is 0 Å². The van der Waals surface area contributed by atoms with E-state index >= 15 is 0 Å². The first kappa shape index (κ1) is 16.5. The third-order valence-corrected chi connectivity index (χ3v) is 6.13. The Labute approximate surface area is 141 Å². The van der Waals surface area contributed by atoms with Crippen LogP contribution in [0.15, 0.2) is 18.2 Å². The lowest BCUT2D eigenvalue weighted by molar-refractivity contribution is -0.145. The van der Waals surface area contributed by atoms with Crippen molar-refractivity contribution in [2.75, 3.05) is 18.6 Å². The summed E-state index contributed by atoms with van der Waals surface area (Å²) in [6, 6.07) is 5.69. The Bertz CT molecular complexity index is 560. The Kier molecular flexibility index (Phi) is 5.05. The van der Waals surface area contributed by atoms with E-state index in [0.29, 0.717) is 24.3 Å². The average Bonchev–Trinajstić information content (AvgIpc) is 3.08. The van der Waals surface area contributed by atoms with Crippen molar-refractivity contribution in [2.24, 2.45) is 0 Å². The zero-order chi connectivity index (χ0) is 16.3. The van der Waals surface area contributed by atoms with E-state index in [2.05, 4.69) is 0 Å². The molecule has 1 unspecified atom stereocenters. The van der Waals surface area contributed by atoms with E-state index in [1.54, 1.807) is 7.11 Å². The van der Waals surface area contributed by atoms with E-state index in [9.17, 15) is 9.90 Å². The second-order valence-electron chi connectivity index (χ2n) is 6.39. The fourth-order valence-corrected chi connectivity index (χ4v) is 4.83. The number of carboxylic acids is 1. The molecule has 0 bridgehead atoms. The molecule has 23 heavy (non-hydrogen) atoms. The number of carboxylic acid groups (broad SMARTS) is 1. The van der Waals surface area contributed by atoms with E-state index in [-0.39, 0.29) is 6.10 Å². The summed E-state index contributed by atoms with van der Waals surface area (Å²) in [5, 5.41) is 9.94. The number of methoxy groups -OCH3 is 1. The van der Waals surface area contributed by atoms with Crippen LogP contribution < -0.4 is 9.47 Å². The molecule has 0 aromatic heterocycles. The van der Waals surface area contributed by atoms with Gasteiger partial charge in [-0.15, -0.1) is 0 Å². The third kappa shape index (κ3) is 3.16. The molecule has 1 aliphatic carbocycles. The summed E-state index contributed by atoms with van der Waals surface area (Å²) >= 11 is 1.89. The van der Waals surface area contributed by atoms with E-state index in [1.807, 2.05) is 30.0 Å². The molecule has 1 aromatic carbocycles. The van der Waals surface area contributed by atoms with Crippen molar-refractivity contribution in [1.29, 1.82) is 0 Å². The summed E-state index contributed by atoms with van der Waals surface area (Å²) in [6.45, 7) is 0. The molecule has 3 rings (SSSR count). The molecule has 1 N–H and O–H groups in total. The molecule has 0 amide bonds. The number of para-hydroxylation sites is 1. The number of ether oxygens (including phenoxy) is 2. The monoisotopic (exact) mass is 336 g/mol. The Balaban J connectivity index is 1.98. The molecular formula is C18H24O4S. The third-order valence-electron chi connectivity index (χ3n) is 5.00. The Morgan fingerprint density at radius 3 is 2.70 bits per heavy atom. The van der Waals surface area contributed by atoms with Gasteiger partial charge in [-0.1, -0.05) is 31.4 Å². The molecule has 1 saturated carbocycles. The molecule has 1 saturated heterocycles. The zero-order valence-electron chi connectivity index (χ0n) is 13.5. The molecule has 1 heterocycles. The molecule has 2 aliphatic rings. The van der Waals surface area contributed by atoms with Crippen molar-refractivity contribution in [3.05, 3.63) is 23.8 Å². The van der Waals surface area contributed by atoms with Gasteiger partial charge in [0.05, 0.1) is 12.5 Å². The van der Waals surface area contributed by atoms with Gasteiger partial charge >= 0.3 is 5.97 Å². The standard InChI is InChI=1S/C18H24O4S/c1-21-16-14(18(17(19)20)9-3-2-4-10-18)6-5-7-15(16)22-13-8-11-23-12-13/h5-7,13H,2-4,8-12H2,1H3,(H,19,20). The highest BCUT2D eigenvalue weighted by atomic mass is 32.2. The van der Waals surface area contributed by atoms with Crippen LogP contribution in [0.4, 0.5) is 0 Å². The number of thioether (sulfide) groups is 1. The summed E-state index contributed by atoms with van der Waals surface area (Å²) in [7, 11) is 1.60. The lowest BCUT2D eigenvalue weighted by Gasteiger charge is -2.35. The highest BCUT2D eigenvalue weighted by molar-refractivity contribution is 7.99. The average molecular weight is 336 g/mol. The lowest BCUT2D eigenvalue weighted by Crippen LogP contribution is -2.38. The molecule has 126 valence electrons. The quantitative estimate of drug-likeness (QED) is 0.885. The molecule has 1 atom stereocenters. The maximum Gasteiger partial charge on any atom is 0.314 e. The highest BCUT2D eigenvalue weighted by Gasteiger charge is 2.44. The summed E-state index contributed by atoms with van der Waals surface area (Å²) < 4.78 is 11.7. The SMILES string of the molecule is COc1c(OC2CCSC2)cccc1C1(C(=O)O)CCCCC1. The molecular weight excluding hydrogens is 312 g/mol. The van der Waals surface area contributed by atoms with Crippen LogP contribution in [0, 0.1) is 0 Å². The number of aliphatic carboxylic acids is 1. The van der Waals surface area contributed by atoms with Gasteiger partial charge in [0.1, 0.15) is 6.10 Å². The van der Waals surface area contributed by atoms with Gasteiger partial charge in [-0.25, -0.2) is 0 Å². The van der Waals surface area contributed by atoms with E-state index in [4.69, 9.17) is 9.47 Å². The number of hydrogen-bond acceptors (Lipinski definition) is 4. The van der Waals surface area contributed by atoms with Crippen LogP contribution in [-0.4, -0.2) is 35.8 Å². The minimum Gasteiger partial charge on any atom is -0.493 e. The van der Waals surface area contributed by atoms with Crippen LogP contribution in [0.2, 0.25) is 0 Å². The predicted octanol–water partition coefficient (Wildman–Crippen LogP) is 3.87. The molecule has 2 fully saturated rings. The van der Waals surface area contributed by atoms with Crippen LogP contribution in [-0.2, 0) is 10.2 Å². The maximum absolute atomic E-state index is 12.1. The summed E-state index contributed by atoms with van der Waals surface area (Å²) in [4.78, 5) is 12.1. The Morgan fingerprint density at radius 1 is 1.30 bits per heavy atom. The summed E-state index contributed by atoms with van der Waals surface area (Å²) in [5.41, 5.74) is -0.0664. The normalized spacial score (nSPS) is 23.4. The van der Waals surface area contributed by atoms with Gasteiger partial charge in [0.2, 0.25) is 0 Å². The van der Waals surface area contributed by atoms with Crippen molar-refractivity contribution in [3.8, 4) is 11.5 Å². The van der Waals surface area contributed by atoms with E-state index < -0.39 is 11.4 Å². The molecule has 0 radical (unpaired) electrons. The van der Waals surface area contributed by atoms with Gasteiger partial charge < -0.3 is 14.6 Å². The zero-order valence-corrected chi connectivity index (χ0v) is 14.4. The Hall–Kier alpha value is -1.36. The topological polar surface area (TPSA) is 55.8 Å². The van der Waals surface area contributed by atoms with E-state index in [0.717, 1.165) is 42.8 Å². The second-order valence-corrected chi connectivity index (χ2v) is 7.54. The van der Waals surface area contributed by atoms with Gasteiger partial charge in [0.25, 0.3) is 0 Å². The first-order chi connectivity index (χ1) is 11.2. The van der Waals surface area contributed by atoms with Gasteiger partial charge in [-0.05, 0) is 31.1 Å². The molecule has 1 aliphatic heterocycles. The van der Waals surface area contributed by atoms with Crippen molar-refractivity contribution in [1.82, 2.24) is 0 Å². The van der Waals surface area contributed by atoms with Gasteiger partial charge in [0.15, 0.2) is 11.5 Å². The van der Waals surface area contributed by atoms with Crippen molar-refractivity contribution in [3.63, 3.8) is 0 Å². The number of benzene rings is 1. The predicted molar refractivity (Wildman–Crippen MR) is 91.8 cm³/mol. The highest BCUT2D eigenvalue weighted by Crippen LogP contribution is 2.47.